The molecule has 0 bridgehead atoms. The first-order chi connectivity index (χ1) is 24.3. The van der Waals surface area contributed by atoms with Crippen LogP contribution in [0.3, 0.4) is 0 Å². The van der Waals surface area contributed by atoms with Crippen LogP contribution in [0.2, 0.25) is 0 Å². The highest BCUT2D eigenvalue weighted by atomic mass is 32.2. The van der Waals surface area contributed by atoms with Gasteiger partial charge in [0.25, 0.3) is 16.0 Å². The molecular weight excluding hydrogens is 653 g/mol. The molecule has 0 saturated carbocycles. The van der Waals surface area contributed by atoms with E-state index in [-0.39, 0.29) is 11.4 Å². The Morgan fingerprint density at radius 1 is 0.760 bits per heavy atom. The molecule has 1 unspecified atom stereocenters. The summed E-state index contributed by atoms with van der Waals surface area (Å²) in [5.41, 5.74) is 1.28. The van der Waals surface area contributed by atoms with Crippen LogP contribution in [-0.4, -0.2) is 37.7 Å². The van der Waals surface area contributed by atoms with E-state index in [1.165, 1.54) is 95.2 Å². The smallest absolute Gasteiger partial charge is 0.298 e. The lowest BCUT2D eigenvalue weighted by Crippen LogP contribution is -2.30. The number of nitrogens with zero attached hydrogens (tertiary/aromatic N) is 4. The monoisotopic (exact) mass is 704 g/mol. The fourth-order valence-corrected chi connectivity index (χ4v) is 6.59. The van der Waals surface area contributed by atoms with Crippen molar-refractivity contribution < 1.29 is 27.2 Å². The predicted molar refractivity (Wildman–Crippen MR) is 199 cm³/mol. The molecule has 0 aliphatic carbocycles. The van der Waals surface area contributed by atoms with Gasteiger partial charge in [0.05, 0.1) is 24.2 Å². The second kappa shape index (κ2) is 20.6. The van der Waals surface area contributed by atoms with Gasteiger partial charge in [-0.2, -0.15) is 28.8 Å². The number of azo groups is 1. The number of ether oxygens (including phenoxy) is 2. The molecule has 270 valence electrons. The number of carbonyl (C=O) groups excluding carboxylic acids is 1. The minimum Gasteiger partial charge on any atom is -0.497 e. The molecule has 3 aromatic carbocycles. The molecule has 1 aliphatic rings. The lowest BCUT2D eigenvalue weighted by Gasteiger charge is -2.15. The number of para-hydroxylation sites is 1. The van der Waals surface area contributed by atoms with E-state index in [0.29, 0.717) is 29.3 Å². The lowest BCUT2D eigenvalue weighted by atomic mass is 10.0. The molecule has 0 aromatic heterocycles. The third kappa shape index (κ3) is 12.4. The highest BCUT2D eigenvalue weighted by Crippen LogP contribution is 2.34. The van der Waals surface area contributed by atoms with E-state index in [0.717, 1.165) is 24.3 Å². The highest BCUT2D eigenvalue weighted by Gasteiger charge is 2.37. The third-order valence-corrected chi connectivity index (χ3v) is 9.68. The summed E-state index contributed by atoms with van der Waals surface area (Å²) < 4.78 is 45.8. The second-order valence-electron chi connectivity index (χ2n) is 12.8. The Labute approximate surface area is 297 Å². The van der Waals surface area contributed by atoms with Crippen molar-refractivity contribution >= 4 is 33.1 Å². The summed E-state index contributed by atoms with van der Waals surface area (Å²) in [4.78, 5) is 13.3. The molecule has 1 amide bonds. The second-order valence-corrected chi connectivity index (χ2v) is 14.2. The molecule has 1 atom stereocenters. The summed E-state index contributed by atoms with van der Waals surface area (Å²) in [7, 11) is -3.12. The molecule has 1 N–H and O–H groups in total. The van der Waals surface area contributed by atoms with Crippen molar-refractivity contribution in [2.24, 2.45) is 15.3 Å². The Bertz CT molecular complexity index is 1640. The summed E-state index contributed by atoms with van der Waals surface area (Å²) in [5, 5.41) is 14.5. The van der Waals surface area contributed by atoms with Gasteiger partial charge in [0, 0.05) is 0 Å². The van der Waals surface area contributed by atoms with Gasteiger partial charge in [-0.05, 0) is 67.4 Å². The van der Waals surface area contributed by atoms with Crippen LogP contribution >= 0.6 is 0 Å². The summed E-state index contributed by atoms with van der Waals surface area (Å²) in [6.07, 6.45) is 19.4. The van der Waals surface area contributed by atoms with Crippen LogP contribution in [0.5, 0.6) is 17.2 Å². The summed E-state index contributed by atoms with van der Waals surface area (Å²) in [6, 6.07) is 18.8. The van der Waals surface area contributed by atoms with E-state index in [2.05, 4.69) is 22.3 Å². The predicted octanol–water partition coefficient (Wildman–Crippen LogP) is 10.9. The molecule has 0 spiro atoms. The van der Waals surface area contributed by atoms with Crippen LogP contribution < -0.4 is 14.5 Å². The Morgan fingerprint density at radius 3 is 1.90 bits per heavy atom. The Kier molecular flexibility index (Phi) is 15.9. The van der Waals surface area contributed by atoms with Crippen molar-refractivity contribution in [1.29, 1.82) is 0 Å². The standard InChI is InChI=1S/C39H52N4O6S/c1-3-4-5-6-7-8-9-10-11-12-13-14-15-16-20-23-35-38(41-40-31-24-27-33(48-2)28-25-31)39(44)43(42-35)32-26-29-36(37(30-32)50(45,46)47)49-34-21-18-17-19-22-34/h17-19,21-22,24-30,38H,3-16,20,23H2,1-2H3,(H,45,46,47). The van der Waals surface area contributed by atoms with Crippen LogP contribution in [0, 0.1) is 0 Å². The maximum absolute atomic E-state index is 13.7. The number of carbonyl (C=O) groups is 1. The summed E-state index contributed by atoms with van der Waals surface area (Å²) in [6.45, 7) is 2.26. The number of hydrogen-bond donors (Lipinski definition) is 1. The Hall–Kier alpha value is -4.09. The van der Waals surface area contributed by atoms with Crippen molar-refractivity contribution in [3.8, 4) is 17.2 Å². The van der Waals surface area contributed by atoms with Gasteiger partial charge in [0.1, 0.15) is 22.1 Å². The van der Waals surface area contributed by atoms with E-state index in [1.54, 1.807) is 61.7 Å². The number of hydrazone groups is 1. The van der Waals surface area contributed by atoms with E-state index in [4.69, 9.17) is 9.47 Å². The number of unbranched alkanes of at least 4 members (excludes halogenated alkanes) is 14. The number of amides is 1. The van der Waals surface area contributed by atoms with Crippen LogP contribution in [0.25, 0.3) is 0 Å². The molecule has 1 heterocycles. The molecule has 50 heavy (non-hydrogen) atoms. The normalized spacial score (nSPS) is 14.8. The number of benzene rings is 3. The Morgan fingerprint density at radius 2 is 1.34 bits per heavy atom. The van der Waals surface area contributed by atoms with Gasteiger partial charge in [-0.25, -0.2) is 0 Å². The topological polar surface area (TPSA) is 130 Å². The third-order valence-electron chi connectivity index (χ3n) is 8.81. The maximum atomic E-state index is 13.7. The molecule has 0 saturated heterocycles. The first-order valence-corrected chi connectivity index (χ1v) is 19.5. The Balaban J connectivity index is 1.36. The van der Waals surface area contributed by atoms with Gasteiger partial charge in [-0.1, -0.05) is 115 Å². The van der Waals surface area contributed by atoms with Crippen molar-refractivity contribution in [3.05, 3.63) is 72.8 Å². The molecular formula is C39H52N4O6S. The minimum absolute atomic E-state index is 0.0770. The van der Waals surface area contributed by atoms with Gasteiger partial charge in [-0.15, -0.1) is 0 Å². The number of hydrogen-bond acceptors (Lipinski definition) is 8. The van der Waals surface area contributed by atoms with E-state index >= 15 is 0 Å². The highest BCUT2D eigenvalue weighted by molar-refractivity contribution is 7.86. The average molecular weight is 705 g/mol. The molecule has 11 heteroatoms. The largest absolute Gasteiger partial charge is 0.497 e. The average Bonchev–Trinajstić information content (AvgIpc) is 3.43. The van der Waals surface area contributed by atoms with Crippen LogP contribution in [0.15, 0.2) is 93.0 Å². The summed E-state index contributed by atoms with van der Waals surface area (Å²) >= 11 is 0. The first kappa shape index (κ1) is 38.7. The molecule has 0 radical (unpaired) electrons. The number of methoxy groups -OCH3 is 1. The van der Waals surface area contributed by atoms with Crippen LogP contribution in [0.4, 0.5) is 11.4 Å². The summed E-state index contributed by atoms with van der Waals surface area (Å²) in [5.74, 6) is 0.533. The van der Waals surface area contributed by atoms with Crippen molar-refractivity contribution in [2.75, 3.05) is 12.1 Å². The first-order valence-electron chi connectivity index (χ1n) is 18.1. The van der Waals surface area contributed by atoms with Crippen LogP contribution in [-0.2, 0) is 14.9 Å². The SMILES string of the molecule is CCCCCCCCCCCCCCCCCC1=NN(c2ccc(Oc3ccccc3)c(S(=O)(=O)O)c2)C(=O)C1N=Nc1ccc(OC)cc1. The zero-order chi connectivity index (χ0) is 35.6. The molecule has 4 rings (SSSR count). The molecule has 1 aliphatic heterocycles. The van der Waals surface area contributed by atoms with Gasteiger partial charge >= 0.3 is 0 Å². The van der Waals surface area contributed by atoms with Crippen molar-refractivity contribution in [3.63, 3.8) is 0 Å². The fraction of sp³-hybridized carbons (Fsp3) is 0.487. The van der Waals surface area contributed by atoms with Gasteiger partial charge in [0.2, 0.25) is 0 Å². The molecule has 0 fully saturated rings. The number of anilines is 1. The molecule has 10 nitrogen and oxygen atoms in total. The quantitative estimate of drug-likeness (QED) is 0.0594. The zero-order valence-corrected chi connectivity index (χ0v) is 30.3. The maximum Gasteiger partial charge on any atom is 0.298 e. The van der Waals surface area contributed by atoms with E-state index in [1.807, 2.05) is 0 Å². The van der Waals surface area contributed by atoms with Crippen molar-refractivity contribution in [1.82, 2.24) is 0 Å². The van der Waals surface area contributed by atoms with E-state index in [9.17, 15) is 17.8 Å². The minimum atomic E-state index is -4.70. The van der Waals surface area contributed by atoms with Gasteiger partial charge in [-0.3, -0.25) is 9.35 Å². The molecule has 3 aromatic rings. The van der Waals surface area contributed by atoms with Gasteiger partial charge in [0.15, 0.2) is 6.04 Å². The van der Waals surface area contributed by atoms with Crippen molar-refractivity contribution in [2.45, 2.75) is 121 Å². The zero-order valence-electron chi connectivity index (χ0n) is 29.5. The van der Waals surface area contributed by atoms with Gasteiger partial charge < -0.3 is 9.47 Å². The lowest BCUT2D eigenvalue weighted by molar-refractivity contribution is -0.117. The fourth-order valence-electron chi connectivity index (χ4n) is 5.96. The van der Waals surface area contributed by atoms with Crippen LogP contribution in [0.1, 0.15) is 110 Å². The van der Waals surface area contributed by atoms with E-state index < -0.39 is 27.0 Å². The number of rotatable bonds is 23.